The Kier molecular flexibility index (Phi) is 4.02. The first-order valence-corrected chi connectivity index (χ1v) is 9.57. The highest BCUT2D eigenvalue weighted by Gasteiger charge is 2.36. The minimum Gasteiger partial charge on any atom is -0.349 e. The maximum Gasteiger partial charge on any atom is 0.266 e. The summed E-state index contributed by atoms with van der Waals surface area (Å²) in [6.45, 7) is 0. The summed E-state index contributed by atoms with van der Waals surface area (Å²) in [5, 5.41) is 3.08. The lowest BCUT2D eigenvalue weighted by atomic mass is 10.1. The Bertz CT molecular complexity index is 1090. The number of amides is 3. The van der Waals surface area contributed by atoms with Gasteiger partial charge in [0.2, 0.25) is 0 Å². The van der Waals surface area contributed by atoms with Crippen LogP contribution >= 0.6 is 0 Å². The van der Waals surface area contributed by atoms with Gasteiger partial charge < -0.3 is 5.32 Å². The van der Waals surface area contributed by atoms with Crippen LogP contribution in [0.25, 0.3) is 0 Å². The van der Waals surface area contributed by atoms with E-state index in [0.717, 1.165) is 17.7 Å². The summed E-state index contributed by atoms with van der Waals surface area (Å²) in [5.74, 6) is -0.838. The van der Waals surface area contributed by atoms with Gasteiger partial charge in [0.05, 0.1) is 16.8 Å². The van der Waals surface area contributed by atoms with Crippen molar-refractivity contribution < 1.29 is 14.4 Å². The largest absolute Gasteiger partial charge is 0.349 e. The number of carbonyl (C=O) groups excluding carboxylic acids is 3. The summed E-state index contributed by atoms with van der Waals surface area (Å²) >= 11 is 0. The molecule has 0 saturated heterocycles. The van der Waals surface area contributed by atoms with Gasteiger partial charge in [-0.2, -0.15) is 0 Å². The second kappa shape index (κ2) is 6.71. The molecule has 0 fully saturated rings. The van der Waals surface area contributed by atoms with E-state index < -0.39 is 0 Å². The van der Waals surface area contributed by atoms with Crippen LogP contribution < -0.4 is 10.2 Å². The molecule has 1 aliphatic heterocycles. The Labute approximate surface area is 168 Å². The number of fused-ring (bicyclic) bond motifs is 2. The number of nitrogens with zero attached hydrogens (tertiary/aromatic N) is 1. The molecule has 5 nitrogen and oxygen atoms in total. The highest BCUT2D eigenvalue weighted by molar-refractivity contribution is 6.34. The topological polar surface area (TPSA) is 66.5 Å². The molecule has 0 spiro atoms. The zero-order valence-corrected chi connectivity index (χ0v) is 15.6. The Morgan fingerprint density at radius 3 is 1.83 bits per heavy atom. The van der Waals surface area contributed by atoms with E-state index in [-0.39, 0.29) is 23.8 Å². The van der Waals surface area contributed by atoms with Gasteiger partial charge >= 0.3 is 0 Å². The lowest BCUT2D eigenvalue weighted by molar-refractivity contribution is 0.0921. The lowest BCUT2D eigenvalue weighted by Crippen LogP contribution is -2.35. The molecular weight excluding hydrogens is 364 g/mol. The number of hydrogen-bond donors (Lipinski definition) is 1. The average Bonchev–Trinajstić information content (AvgIpc) is 3.26. The fourth-order valence-electron chi connectivity index (χ4n) is 4.12. The monoisotopic (exact) mass is 382 g/mol. The van der Waals surface area contributed by atoms with Crippen LogP contribution in [0.4, 0.5) is 5.69 Å². The molecule has 0 bridgehead atoms. The molecular formula is C24H18N2O3. The average molecular weight is 382 g/mol. The van der Waals surface area contributed by atoms with Crippen molar-refractivity contribution in [2.75, 3.05) is 4.90 Å². The molecule has 0 unspecified atom stereocenters. The predicted octanol–water partition coefficient (Wildman–Crippen LogP) is 3.38. The highest BCUT2D eigenvalue weighted by Crippen LogP contribution is 2.28. The number of anilines is 1. The number of carbonyl (C=O) groups is 3. The zero-order valence-electron chi connectivity index (χ0n) is 15.6. The summed E-state index contributed by atoms with van der Waals surface area (Å²) in [5.41, 5.74) is 4.32. The van der Waals surface area contributed by atoms with Crippen LogP contribution in [-0.2, 0) is 12.8 Å². The third kappa shape index (κ3) is 2.91. The fraction of sp³-hybridized carbons (Fsp3) is 0.125. The maximum atomic E-state index is 12.6. The first-order valence-electron chi connectivity index (χ1n) is 9.57. The van der Waals surface area contributed by atoms with E-state index in [4.69, 9.17) is 0 Å². The van der Waals surface area contributed by atoms with Gasteiger partial charge in [-0.15, -0.1) is 0 Å². The van der Waals surface area contributed by atoms with Crippen molar-refractivity contribution in [1.82, 2.24) is 5.32 Å². The van der Waals surface area contributed by atoms with Gasteiger partial charge in [-0.1, -0.05) is 36.4 Å². The van der Waals surface area contributed by atoms with Crippen LogP contribution in [0.5, 0.6) is 0 Å². The number of imide groups is 1. The molecule has 142 valence electrons. The first-order chi connectivity index (χ1) is 14.1. The third-order valence-electron chi connectivity index (χ3n) is 5.57. The minimum absolute atomic E-state index is 0.0795. The number of benzene rings is 3. The molecule has 1 aliphatic carbocycles. The van der Waals surface area contributed by atoms with E-state index in [1.54, 1.807) is 48.5 Å². The zero-order chi connectivity index (χ0) is 20.0. The van der Waals surface area contributed by atoms with E-state index in [2.05, 4.69) is 17.4 Å². The van der Waals surface area contributed by atoms with Crippen LogP contribution in [0.3, 0.4) is 0 Å². The third-order valence-corrected chi connectivity index (χ3v) is 5.57. The van der Waals surface area contributed by atoms with Crippen LogP contribution in [0.2, 0.25) is 0 Å². The second-order valence-electron chi connectivity index (χ2n) is 7.39. The van der Waals surface area contributed by atoms with E-state index in [0.29, 0.717) is 22.4 Å². The number of nitrogens with one attached hydrogen (secondary N) is 1. The molecule has 5 heteroatoms. The molecule has 0 radical (unpaired) electrons. The SMILES string of the molecule is O=C(NC1Cc2ccccc2C1)c1ccc(N2C(=O)c3ccccc3C2=O)cc1. The summed E-state index contributed by atoms with van der Waals surface area (Å²) in [6.07, 6.45) is 1.66. The van der Waals surface area contributed by atoms with Gasteiger partial charge in [0.15, 0.2) is 0 Å². The molecule has 1 heterocycles. The maximum absolute atomic E-state index is 12.6. The summed E-state index contributed by atoms with van der Waals surface area (Å²) in [4.78, 5) is 39.0. The Balaban J connectivity index is 1.31. The summed E-state index contributed by atoms with van der Waals surface area (Å²) in [7, 11) is 0. The van der Waals surface area contributed by atoms with Crippen molar-refractivity contribution >= 4 is 23.4 Å². The molecule has 1 N–H and O–H groups in total. The molecule has 5 rings (SSSR count). The predicted molar refractivity (Wildman–Crippen MR) is 109 cm³/mol. The molecule has 3 aromatic carbocycles. The Morgan fingerprint density at radius 1 is 0.759 bits per heavy atom. The lowest BCUT2D eigenvalue weighted by Gasteiger charge is -2.15. The van der Waals surface area contributed by atoms with Crippen molar-refractivity contribution in [3.05, 3.63) is 101 Å². The van der Waals surface area contributed by atoms with Crippen LogP contribution in [-0.4, -0.2) is 23.8 Å². The van der Waals surface area contributed by atoms with Gasteiger partial charge in [0, 0.05) is 11.6 Å². The van der Waals surface area contributed by atoms with E-state index in [1.165, 1.54) is 11.1 Å². The van der Waals surface area contributed by atoms with Gasteiger partial charge in [-0.25, -0.2) is 4.90 Å². The van der Waals surface area contributed by atoms with Gasteiger partial charge in [0.25, 0.3) is 17.7 Å². The standard InChI is InChI=1S/C24H18N2O3/c27-22(25-18-13-16-5-1-2-6-17(16)14-18)15-9-11-19(12-10-15)26-23(28)20-7-3-4-8-21(20)24(26)29/h1-12,18H,13-14H2,(H,25,27). The van der Waals surface area contributed by atoms with Gasteiger partial charge in [-0.3, -0.25) is 14.4 Å². The second-order valence-corrected chi connectivity index (χ2v) is 7.39. The van der Waals surface area contributed by atoms with Crippen molar-refractivity contribution in [2.45, 2.75) is 18.9 Å². The van der Waals surface area contributed by atoms with Crippen molar-refractivity contribution in [3.63, 3.8) is 0 Å². The molecule has 3 aromatic rings. The molecule has 3 amide bonds. The Hall–Kier alpha value is -3.73. The van der Waals surface area contributed by atoms with Crippen molar-refractivity contribution in [3.8, 4) is 0 Å². The molecule has 0 atom stereocenters. The van der Waals surface area contributed by atoms with Crippen molar-refractivity contribution in [2.24, 2.45) is 0 Å². The minimum atomic E-state index is -0.341. The van der Waals surface area contributed by atoms with Crippen LogP contribution in [0.1, 0.15) is 42.2 Å². The number of rotatable bonds is 3. The van der Waals surface area contributed by atoms with Crippen LogP contribution in [0.15, 0.2) is 72.8 Å². The Morgan fingerprint density at radius 2 is 1.28 bits per heavy atom. The highest BCUT2D eigenvalue weighted by atomic mass is 16.2. The molecule has 0 saturated carbocycles. The molecule has 29 heavy (non-hydrogen) atoms. The normalized spacial score (nSPS) is 15.4. The number of hydrogen-bond acceptors (Lipinski definition) is 3. The van der Waals surface area contributed by atoms with E-state index in [9.17, 15) is 14.4 Å². The summed E-state index contributed by atoms with van der Waals surface area (Å²) in [6, 6.07) is 21.7. The van der Waals surface area contributed by atoms with Crippen LogP contribution in [0, 0.1) is 0 Å². The fourth-order valence-corrected chi connectivity index (χ4v) is 4.12. The van der Waals surface area contributed by atoms with Gasteiger partial charge in [-0.05, 0) is 60.4 Å². The van der Waals surface area contributed by atoms with Crippen molar-refractivity contribution in [1.29, 1.82) is 0 Å². The molecule has 0 aromatic heterocycles. The smallest absolute Gasteiger partial charge is 0.266 e. The summed E-state index contributed by atoms with van der Waals surface area (Å²) < 4.78 is 0. The molecule has 2 aliphatic rings. The quantitative estimate of drug-likeness (QED) is 0.706. The van der Waals surface area contributed by atoms with E-state index in [1.807, 2.05) is 12.1 Å². The van der Waals surface area contributed by atoms with Gasteiger partial charge in [0.1, 0.15) is 0 Å². The first kappa shape index (κ1) is 17.4. The van der Waals surface area contributed by atoms with E-state index >= 15 is 0 Å².